The number of benzene rings is 2. The zero-order valence-electron chi connectivity index (χ0n) is 14.9. The third-order valence-corrected chi connectivity index (χ3v) is 5.28. The van der Waals surface area contributed by atoms with E-state index in [2.05, 4.69) is 36.1 Å². The Morgan fingerprint density at radius 1 is 1.12 bits per heavy atom. The third kappa shape index (κ3) is 3.40. The van der Waals surface area contributed by atoms with Gasteiger partial charge in [-0.3, -0.25) is 4.79 Å². The van der Waals surface area contributed by atoms with Crippen molar-refractivity contribution in [3.63, 3.8) is 0 Å². The lowest BCUT2D eigenvalue weighted by atomic mass is 9.96. The Hall–Kier alpha value is -2.03. The van der Waals surface area contributed by atoms with Gasteiger partial charge < -0.3 is 9.64 Å². The van der Waals surface area contributed by atoms with Gasteiger partial charge >= 0.3 is 0 Å². The Morgan fingerprint density at radius 3 is 2.67 bits per heavy atom. The van der Waals surface area contributed by atoms with Crippen LogP contribution in [0.1, 0.15) is 51.0 Å². The number of likely N-dealkylation sites (tertiary alicyclic amines) is 1. The molecule has 1 saturated heterocycles. The van der Waals surface area contributed by atoms with Crippen molar-refractivity contribution in [2.24, 2.45) is 0 Å². The molecule has 2 unspecified atom stereocenters. The van der Waals surface area contributed by atoms with Crippen molar-refractivity contribution in [3.8, 4) is 5.75 Å². The van der Waals surface area contributed by atoms with Gasteiger partial charge in [-0.25, -0.2) is 0 Å². The number of rotatable bonds is 3. The molecule has 1 amide bonds. The minimum atomic E-state index is -0.1000. The fourth-order valence-electron chi connectivity index (χ4n) is 3.63. The molecule has 1 fully saturated rings. The fourth-order valence-corrected chi connectivity index (χ4v) is 3.63. The molecule has 2 atom stereocenters. The summed E-state index contributed by atoms with van der Waals surface area (Å²) in [6.07, 6.45) is 4.72. The molecule has 24 heavy (non-hydrogen) atoms. The average molecular weight is 325 g/mol. The minimum Gasteiger partial charge on any atom is -0.497 e. The molecule has 3 nitrogen and oxygen atoms in total. The van der Waals surface area contributed by atoms with E-state index in [9.17, 15) is 4.79 Å². The first kappa shape index (κ1) is 16.8. The molecule has 0 aromatic heterocycles. The van der Waals surface area contributed by atoms with E-state index < -0.39 is 0 Å². The lowest BCUT2D eigenvalue weighted by Crippen LogP contribution is -2.40. The van der Waals surface area contributed by atoms with Gasteiger partial charge in [0.05, 0.1) is 13.0 Å². The van der Waals surface area contributed by atoms with E-state index in [0.717, 1.165) is 41.5 Å². The van der Waals surface area contributed by atoms with Gasteiger partial charge in [0, 0.05) is 12.6 Å². The van der Waals surface area contributed by atoms with E-state index in [0.29, 0.717) is 6.04 Å². The predicted molar refractivity (Wildman–Crippen MR) is 98.6 cm³/mol. The molecule has 0 saturated carbocycles. The van der Waals surface area contributed by atoms with Gasteiger partial charge in [-0.15, -0.1) is 0 Å². The van der Waals surface area contributed by atoms with Crippen molar-refractivity contribution in [1.82, 2.24) is 4.90 Å². The smallest absolute Gasteiger partial charge is 0.230 e. The van der Waals surface area contributed by atoms with Crippen LogP contribution in [0.5, 0.6) is 5.75 Å². The molecule has 128 valence electrons. The molecule has 0 bridgehead atoms. The lowest BCUT2D eigenvalue weighted by molar-refractivity contribution is -0.134. The number of hydrogen-bond acceptors (Lipinski definition) is 2. The molecule has 0 aliphatic carbocycles. The van der Waals surface area contributed by atoms with Gasteiger partial charge in [-0.1, -0.05) is 37.1 Å². The number of ether oxygens (including phenoxy) is 1. The van der Waals surface area contributed by atoms with Crippen LogP contribution in [0.2, 0.25) is 0 Å². The summed E-state index contributed by atoms with van der Waals surface area (Å²) in [5.41, 5.74) is 1.09. The van der Waals surface area contributed by atoms with Gasteiger partial charge in [0.15, 0.2) is 0 Å². The summed E-state index contributed by atoms with van der Waals surface area (Å²) in [4.78, 5) is 15.1. The van der Waals surface area contributed by atoms with Crippen molar-refractivity contribution in [2.45, 2.75) is 51.5 Å². The summed E-state index contributed by atoms with van der Waals surface area (Å²) >= 11 is 0. The first-order chi connectivity index (χ1) is 11.6. The summed E-state index contributed by atoms with van der Waals surface area (Å²) in [6, 6.07) is 12.7. The van der Waals surface area contributed by atoms with E-state index >= 15 is 0 Å². The molecule has 2 aromatic carbocycles. The van der Waals surface area contributed by atoms with Crippen LogP contribution in [-0.2, 0) is 4.79 Å². The number of amides is 1. The van der Waals surface area contributed by atoms with Crippen molar-refractivity contribution in [2.75, 3.05) is 13.7 Å². The van der Waals surface area contributed by atoms with Crippen molar-refractivity contribution >= 4 is 16.7 Å². The maximum atomic E-state index is 13.0. The van der Waals surface area contributed by atoms with E-state index in [1.54, 1.807) is 7.11 Å². The largest absolute Gasteiger partial charge is 0.497 e. The Labute approximate surface area is 144 Å². The van der Waals surface area contributed by atoms with Crippen LogP contribution >= 0.6 is 0 Å². The number of methoxy groups -OCH3 is 1. The van der Waals surface area contributed by atoms with Gasteiger partial charge in [0.1, 0.15) is 5.75 Å². The summed E-state index contributed by atoms with van der Waals surface area (Å²) in [7, 11) is 1.68. The fraction of sp³-hybridized carbons (Fsp3) is 0.476. The van der Waals surface area contributed by atoms with Crippen LogP contribution in [0.25, 0.3) is 10.8 Å². The molecule has 0 radical (unpaired) electrons. The molecular weight excluding hydrogens is 298 g/mol. The Bertz CT molecular complexity index is 725. The average Bonchev–Trinajstić information content (AvgIpc) is 2.83. The quantitative estimate of drug-likeness (QED) is 0.815. The van der Waals surface area contributed by atoms with Crippen LogP contribution in [-0.4, -0.2) is 30.5 Å². The molecule has 3 rings (SSSR count). The van der Waals surface area contributed by atoms with Crippen LogP contribution < -0.4 is 4.74 Å². The number of nitrogens with zero attached hydrogens (tertiary/aromatic N) is 1. The maximum absolute atomic E-state index is 13.0. The maximum Gasteiger partial charge on any atom is 0.230 e. The van der Waals surface area contributed by atoms with Crippen molar-refractivity contribution in [3.05, 3.63) is 42.0 Å². The molecule has 1 heterocycles. The second-order valence-electron chi connectivity index (χ2n) is 6.92. The normalized spacial score (nSPS) is 19.8. The molecule has 1 aliphatic heterocycles. The van der Waals surface area contributed by atoms with Crippen LogP contribution in [0.15, 0.2) is 36.4 Å². The zero-order valence-corrected chi connectivity index (χ0v) is 14.9. The third-order valence-electron chi connectivity index (χ3n) is 5.28. The van der Waals surface area contributed by atoms with E-state index in [4.69, 9.17) is 4.74 Å². The monoisotopic (exact) mass is 325 g/mol. The number of fused-ring (bicyclic) bond motifs is 1. The Kier molecular flexibility index (Phi) is 5.08. The zero-order chi connectivity index (χ0) is 17.1. The molecule has 2 aromatic rings. The topological polar surface area (TPSA) is 29.5 Å². The summed E-state index contributed by atoms with van der Waals surface area (Å²) < 4.78 is 5.28. The van der Waals surface area contributed by atoms with Crippen molar-refractivity contribution < 1.29 is 9.53 Å². The second kappa shape index (κ2) is 7.25. The van der Waals surface area contributed by atoms with Crippen LogP contribution in [0, 0.1) is 0 Å². The standard InChI is InChI=1S/C21H27NO2/c1-15-7-5-4-6-12-22(15)21(23)16(2)17-8-9-19-14-20(24-3)11-10-18(19)13-17/h8-11,13-16H,4-7,12H2,1-3H3. The SMILES string of the molecule is COc1ccc2cc(C(C)C(=O)N3CCCCCC3C)ccc2c1. The summed E-state index contributed by atoms with van der Waals surface area (Å²) in [6.45, 7) is 5.11. The summed E-state index contributed by atoms with van der Waals surface area (Å²) in [5.74, 6) is 1.02. The number of hydrogen-bond donors (Lipinski definition) is 0. The van der Waals surface area contributed by atoms with Crippen molar-refractivity contribution in [1.29, 1.82) is 0 Å². The van der Waals surface area contributed by atoms with Gasteiger partial charge in [0.25, 0.3) is 0 Å². The number of carbonyl (C=O) groups is 1. The van der Waals surface area contributed by atoms with Crippen LogP contribution in [0.4, 0.5) is 0 Å². The highest BCUT2D eigenvalue weighted by molar-refractivity contribution is 5.88. The van der Waals surface area contributed by atoms with Crippen LogP contribution in [0.3, 0.4) is 0 Å². The second-order valence-corrected chi connectivity index (χ2v) is 6.92. The molecule has 3 heteroatoms. The Balaban J connectivity index is 1.84. The Morgan fingerprint density at radius 2 is 1.88 bits per heavy atom. The first-order valence-electron chi connectivity index (χ1n) is 8.98. The number of carbonyl (C=O) groups excluding carboxylic acids is 1. The highest BCUT2D eigenvalue weighted by Crippen LogP contribution is 2.27. The van der Waals surface area contributed by atoms with E-state index in [1.807, 2.05) is 19.1 Å². The van der Waals surface area contributed by atoms with Gasteiger partial charge in [0.2, 0.25) is 5.91 Å². The van der Waals surface area contributed by atoms with E-state index in [1.165, 1.54) is 12.8 Å². The highest BCUT2D eigenvalue weighted by Gasteiger charge is 2.26. The molecule has 0 spiro atoms. The predicted octanol–water partition coefficient (Wildman–Crippen LogP) is 4.74. The van der Waals surface area contributed by atoms with Gasteiger partial charge in [-0.2, -0.15) is 0 Å². The lowest BCUT2D eigenvalue weighted by Gasteiger charge is -2.30. The summed E-state index contributed by atoms with van der Waals surface area (Å²) in [5, 5.41) is 2.29. The molecule has 1 aliphatic rings. The van der Waals surface area contributed by atoms with E-state index in [-0.39, 0.29) is 11.8 Å². The minimum absolute atomic E-state index is 0.1000. The first-order valence-corrected chi connectivity index (χ1v) is 8.98. The molecule has 0 N–H and O–H groups in total. The highest BCUT2D eigenvalue weighted by atomic mass is 16.5. The van der Waals surface area contributed by atoms with Gasteiger partial charge in [-0.05, 0) is 55.2 Å². The molecular formula is C21H27NO2.